The van der Waals surface area contributed by atoms with Crippen molar-refractivity contribution in [2.24, 2.45) is 0 Å². The highest BCUT2D eigenvalue weighted by Crippen LogP contribution is 2.16. The van der Waals surface area contributed by atoms with Gasteiger partial charge >= 0.3 is 0 Å². The SMILES string of the molecule is N#CCCN(C(=O)CN1CCCC(O)C1)c1ccccc1. The lowest BCUT2D eigenvalue weighted by molar-refractivity contribution is -0.120. The first-order valence-electron chi connectivity index (χ1n) is 7.33. The van der Waals surface area contributed by atoms with E-state index in [1.54, 1.807) is 4.90 Å². The Labute approximate surface area is 125 Å². The zero-order chi connectivity index (χ0) is 15.1. The van der Waals surface area contributed by atoms with Gasteiger partial charge in [-0.05, 0) is 31.5 Å². The second kappa shape index (κ2) is 7.77. The van der Waals surface area contributed by atoms with Gasteiger partial charge in [-0.25, -0.2) is 0 Å². The van der Waals surface area contributed by atoms with Crippen molar-refractivity contribution in [1.82, 2.24) is 4.90 Å². The molecule has 1 N–H and O–H groups in total. The number of rotatable bonds is 5. The van der Waals surface area contributed by atoms with Crippen molar-refractivity contribution in [3.05, 3.63) is 30.3 Å². The predicted octanol–water partition coefficient (Wildman–Crippen LogP) is 1.39. The van der Waals surface area contributed by atoms with Crippen LogP contribution in [0.5, 0.6) is 0 Å². The lowest BCUT2D eigenvalue weighted by atomic mass is 10.1. The Morgan fingerprint density at radius 2 is 2.19 bits per heavy atom. The van der Waals surface area contributed by atoms with E-state index >= 15 is 0 Å². The van der Waals surface area contributed by atoms with Gasteiger partial charge in [-0.2, -0.15) is 5.26 Å². The third kappa shape index (κ3) is 4.55. The molecule has 1 atom stereocenters. The number of β-amino-alcohol motifs (C(OH)–C–C–N with tert-alkyl or cyclic N) is 1. The molecule has 1 unspecified atom stereocenters. The minimum Gasteiger partial charge on any atom is -0.392 e. The van der Waals surface area contributed by atoms with E-state index < -0.39 is 0 Å². The summed E-state index contributed by atoms with van der Waals surface area (Å²) in [4.78, 5) is 16.2. The zero-order valence-electron chi connectivity index (χ0n) is 12.1. The van der Waals surface area contributed by atoms with Crippen molar-refractivity contribution in [2.75, 3.05) is 31.1 Å². The number of aliphatic hydroxyl groups excluding tert-OH is 1. The third-order valence-electron chi connectivity index (χ3n) is 3.66. The van der Waals surface area contributed by atoms with Crippen LogP contribution in [0, 0.1) is 11.3 Å². The highest BCUT2D eigenvalue weighted by atomic mass is 16.3. The Morgan fingerprint density at radius 3 is 2.86 bits per heavy atom. The van der Waals surface area contributed by atoms with Gasteiger partial charge in [0, 0.05) is 18.8 Å². The fraction of sp³-hybridized carbons (Fsp3) is 0.500. The van der Waals surface area contributed by atoms with Crippen molar-refractivity contribution in [3.63, 3.8) is 0 Å². The molecule has 2 rings (SSSR count). The van der Waals surface area contributed by atoms with E-state index in [0.717, 1.165) is 25.1 Å². The summed E-state index contributed by atoms with van der Waals surface area (Å²) in [7, 11) is 0. The van der Waals surface area contributed by atoms with Gasteiger partial charge < -0.3 is 10.0 Å². The van der Waals surface area contributed by atoms with Crippen LogP contribution in [0.3, 0.4) is 0 Å². The molecule has 1 fully saturated rings. The molecule has 0 aromatic heterocycles. The van der Waals surface area contributed by atoms with Crippen molar-refractivity contribution < 1.29 is 9.90 Å². The number of para-hydroxylation sites is 1. The number of piperidine rings is 1. The molecule has 0 aliphatic carbocycles. The average Bonchev–Trinajstić information content (AvgIpc) is 2.49. The van der Waals surface area contributed by atoms with Crippen molar-refractivity contribution >= 4 is 11.6 Å². The molecule has 1 heterocycles. The molecule has 1 amide bonds. The monoisotopic (exact) mass is 287 g/mol. The first-order valence-corrected chi connectivity index (χ1v) is 7.33. The van der Waals surface area contributed by atoms with Crippen molar-refractivity contribution in [1.29, 1.82) is 5.26 Å². The van der Waals surface area contributed by atoms with E-state index in [9.17, 15) is 9.90 Å². The molecule has 1 aromatic rings. The van der Waals surface area contributed by atoms with Gasteiger partial charge in [0.2, 0.25) is 5.91 Å². The summed E-state index contributed by atoms with van der Waals surface area (Å²) < 4.78 is 0. The van der Waals surface area contributed by atoms with Crippen LogP contribution in [0.15, 0.2) is 30.3 Å². The molecule has 1 saturated heterocycles. The lowest BCUT2D eigenvalue weighted by Gasteiger charge is -2.31. The summed E-state index contributed by atoms with van der Waals surface area (Å²) in [5.41, 5.74) is 0.815. The number of hydrogen-bond acceptors (Lipinski definition) is 4. The fourth-order valence-corrected chi connectivity index (χ4v) is 2.62. The average molecular weight is 287 g/mol. The van der Waals surface area contributed by atoms with Gasteiger partial charge in [0.1, 0.15) is 0 Å². The van der Waals surface area contributed by atoms with Crippen molar-refractivity contribution in [2.45, 2.75) is 25.4 Å². The minimum absolute atomic E-state index is 0.0226. The maximum absolute atomic E-state index is 12.5. The van der Waals surface area contributed by atoms with Crippen LogP contribution in [0.2, 0.25) is 0 Å². The van der Waals surface area contributed by atoms with E-state index in [4.69, 9.17) is 5.26 Å². The highest BCUT2D eigenvalue weighted by Gasteiger charge is 2.23. The molecule has 112 valence electrons. The molecule has 1 aliphatic rings. The van der Waals surface area contributed by atoms with Gasteiger partial charge in [-0.1, -0.05) is 18.2 Å². The fourth-order valence-electron chi connectivity index (χ4n) is 2.62. The third-order valence-corrected chi connectivity index (χ3v) is 3.66. The summed E-state index contributed by atoms with van der Waals surface area (Å²) in [5.74, 6) is -0.0226. The van der Waals surface area contributed by atoms with Gasteiger partial charge in [-0.3, -0.25) is 9.69 Å². The molecular weight excluding hydrogens is 266 g/mol. The van der Waals surface area contributed by atoms with Gasteiger partial charge in [-0.15, -0.1) is 0 Å². The van der Waals surface area contributed by atoms with Crippen LogP contribution in [-0.4, -0.2) is 48.2 Å². The summed E-state index contributed by atoms with van der Waals surface area (Å²) in [6.45, 7) is 2.07. The lowest BCUT2D eigenvalue weighted by Crippen LogP contribution is -2.46. The van der Waals surface area contributed by atoms with E-state index in [1.165, 1.54) is 0 Å². The quantitative estimate of drug-likeness (QED) is 0.888. The molecule has 5 nitrogen and oxygen atoms in total. The Morgan fingerprint density at radius 1 is 1.43 bits per heavy atom. The van der Waals surface area contributed by atoms with Crippen LogP contribution in [-0.2, 0) is 4.79 Å². The van der Waals surface area contributed by atoms with E-state index in [0.29, 0.717) is 19.5 Å². The molecule has 21 heavy (non-hydrogen) atoms. The van der Waals surface area contributed by atoms with E-state index in [-0.39, 0.29) is 18.6 Å². The van der Waals surface area contributed by atoms with Crippen molar-refractivity contribution in [3.8, 4) is 6.07 Å². The Bertz CT molecular complexity index is 498. The second-order valence-corrected chi connectivity index (χ2v) is 5.32. The second-order valence-electron chi connectivity index (χ2n) is 5.32. The molecule has 1 aromatic carbocycles. The van der Waals surface area contributed by atoms with Crippen LogP contribution < -0.4 is 4.90 Å². The first-order chi connectivity index (χ1) is 10.2. The summed E-state index contributed by atoms with van der Waals surface area (Å²) in [6, 6.07) is 11.5. The van der Waals surface area contributed by atoms with Crippen LogP contribution >= 0.6 is 0 Å². The van der Waals surface area contributed by atoms with Gasteiger partial charge in [0.25, 0.3) is 0 Å². The Balaban J connectivity index is 2.02. The molecule has 1 aliphatic heterocycles. The topological polar surface area (TPSA) is 67.6 Å². The standard InChI is InChI=1S/C16H21N3O2/c17-9-5-11-19(14-6-2-1-3-7-14)16(21)13-18-10-4-8-15(20)12-18/h1-3,6-7,15,20H,4-5,8,10-13H2. The zero-order valence-corrected chi connectivity index (χ0v) is 12.1. The number of amides is 1. The van der Waals surface area contributed by atoms with Gasteiger partial charge in [0.05, 0.1) is 25.1 Å². The van der Waals surface area contributed by atoms with Crippen LogP contribution in [0.1, 0.15) is 19.3 Å². The largest absolute Gasteiger partial charge is 0.392 e. The number of aliphatic hydroxyl groups is 1. The molecule has 0 spiro atoms. The smallest absolute Gasteiger partial charge is 0.241 e. The van der Waals surface area contributed by atoms with Crippen LogP contribution in [0.4, 0.5) is 5.69 Å². The summed E-state index contributed by atoms with van der Waals surface area (Å²) in [6.07, 6.45) is 1.69. The highest BCUT2D eigenvalue weighted by molar-refractivity contribution is 5.94. The molecular formula is C16H21N3O2. The maximum atomic E-state index is 12.5. The molecule has 0 bridgehead atoms. The Kier molecular flexibility index (Phi) is 5.73. The van der Waals surface area contributed by atoms with E-state index in [2.05, 4.69) is 6.07 Å². The minimum atomic E-state index is -0.337. The number of hydrogen-bond donors (Lipinski definition) is 1. The van der Waals surface area contributed by atoms with Crippen LogP contribution in [0.25, 0.3) is 0 Å². The molecule has 0 saturated carbocycles. The number of benzene rings is 1. The van der Waals surface area contributed by atoms with Gasteiger partial charge in [0.15, 0.2) is 0 Å². The number of nitriles is 1. The molecule has 5 heteroatoms. The summed E-state index contributed by atoms with van der Waals surface area (Å²) >= 11 is 0. The van der Waals surface area contributed by atoms with E-state index in [1.807, 2.05) is 35.2 Å². The number of anilines is 1. The first kappa shape index (κ1) is 15.5. The molecule has 0 radical (unpaired) electrons. The summed E-state index contributed by atoms with van der Waals surface area (Å²) in [5, 5.41) is 18.4. The normalized spacial score (nSPS) is 19.0. The predicted molar refractivity (Wildman–Crippen MR) is 80.7 cm³/mol. The Hall–Kier alpha value is -1.90. The number of carbonyl (C=O) groups excluding carboxylic acids is 1. The number of nitrogens with zero attached hydrogens (tertiary/aromatic N) is 3. The maximum Gasteiger partial charge on any atom is 0.241 e. The number of carbonyl (C=O) groups is 1. The number of likely N-dealkylation sites (tertiary alicyclic amines) is 1.